The summed E-state index contributed by atoms with van der Waals surface area (Å²) in [6, 6.07) is 11.0. The van der Waals surface area contributed by atoms with Gasteiger partial charge in [-0.05, 0) is 42.5 Å². The topological polar surface area (TPSA) is 68.3 Å². The summed E-state index contributed by atoms with van der Waals surface area (Å²) in [5, 5.41) is 2.84. The van der Waals surface area contributed by atoms with Crippen molar-refractivity contribution < 1.29 is 9.21 Å². The fourth-order valence-electron chi connectivity index (χ4n) is 1.74. The van der Waals surface area contributed by atoms with Gasteiger partial charge in [0.2, 0.25) is 5.91 Å². The van der Waals surface area contributed by atoms with Gasteiger partial charge in [0.05, 0.1) is 12.0 Å². The second kappa shape index (κ2) is 7.65. The Morgan fingerprint density at radius 3 is 2.95 bits per heavy atom. The molecule has 0 atom stereocenters. The van der Waals surface area contributed by atoms with E-state index in [2.05, 4.69) is 5.32 Å². The smallest absolute Gasteiger partial charge is 0.224 e. The van der Waals surface area contributed by atoms with E-state index in [1.54, 1.807) is 30.2 Å². The normalized spacial score (nSPS) is 10.4. The van der Waals surface area contributed by atoms with Gasteiger partial charge < -0.3 is 15.5 Å². The second-order valence-corrected chi connectivity index (χ2v) is 5.51. The molecule has 0 aliphatic heterocycles. The van der Waals surface area contributed by atoms with Gasteiger partial charge in [0.15, 0.2) is 0 Å². The molecule has 0 saturated carbocycles. The van der Waals surface area contributed by atoms with Crippen LogP contribution in [0.25, 0.3) is 0 Å². The molecule has 20 heavy (non-hydrogen) atoms. The van der Waals surface area contributed by atoms with Crippen molar-refractivity contribution in [1.29, 1.82) is 0 Å². The standard InChI is InChI=1S/C15H18N2O2S/c16-12-4-1-5-13(10-12)17-15(18)7-3-9-20-11-14-6-2-8-19-14/h1-2,4-6,8,10H,3,7,9,11,16H2,(H,17,18). The molecular weight excluding hydrogens is 272 g/mol. The minimum Gasteiger partial charge on any atom is -0.468 e. The monoisotopic (exact) mass is 290 g/mol. The number of benzene rings is 1. The molecule has 0 fully saturated rings. The number of nitrogens with one attached hydrogen (secondary N) is 1. The Hall–Kier alpha value is -1.88. The lowest BCUT2D eigenvalue weighted by Gasteiger charge is -2.05. The highest BCUT2D eigenvalue weighted by Gasteiger charge is 2.03. The zero-order valence-corrected chi connectivity index (χ0v) is 12.0. The van der Waals surface area contributed by atoms with E-state index < -0.39 is 0 Å². The Balaban J connectivity index is 1.60. The van der Waals surface area contributed by atoms with Crippen LogP contribution in [-0.4, -0.2) is 11.7 Å². The number of carbonyl (C=O) groups excluding carboxylic acids is 1. The molecule has 2 aromatic rings. The molecule has 5 heteroatoms. The third kappa shape index (κ3) is 5.01. The number of anilines is 2. The van der Waals surface area contributed by atoms with Crippen molar-refractivity contribution in [3.63, 3.8) is 0 Å². The first-order valence-electron chi connectivity index (χ1n) is 6.49. The number of thioether (sulfide) groups is 1. The quantitative estimate of drug-likeness (QED) is 0.605. The summed E-state index contributed by atoms with van der Waals surface area (Å²) in [7, 11) is 0. The van der Waals surface area contributed by atoms with Crippen LogP contribution in [0.4, 0.5) is 11.4 Å². The van der Waals surface area contributed by atoms with Crippen LogP contribution in [-0.2, 0) is 10.5 Å². The average molecular weight is 290 g/mol. The first-order valence-corrected chi connectivity index (χ1v) is 7.65. The fourth-order valence-corrected chi connectivity index (χ4v) is 2.60. The van der Waals surface area contributed by atoms with Gasteiger partial charge in [0, 0.05) is 17.8 Å². The largest absolute Gasteiger partial charge is 0.468 e. The molecule has 1 aromatic carbocycles. The molecule has 0 spiro atoms. The molecule has 0 unspecified atom stereocenters. The highest BCUT2D eigenvalue weighted by Crippen LogP contribution is 2.15. The van der Waals surface area contributed by atoms with Crippen molar-refractivity contribution >= 4 is 29.0 Å². The lowest BCUT2D eigenvalue weighted by atomic mass is 10.2. The van der Waals surface area contributed by atoms with Crippen LogP contribution < -0.4 is 11.1 Å². The minimum absolute atomic E-state index is 0.0224. The van der Waals surface area contributed by atoms with Crippen LogP contribution in [0.3, 0.4) is 0 Å². The van der Waals surface area contributed by atoms with E-state index >= 15 is 0 Å². The zero-order valence-electron chi connectivity index (χ0n) is 11.2. The Bertz CT molecular complexity index is 541. The number of nitrogens with two attached hydrogens (primary N) is 1. The van der Waals surface area contributed by atoms with Gasteiger partial charge in [-0.1, -0.05) is 6.07 Å². The van der Waals surface area contributed by atoms with Crippen LogP contribution in [0.15, 0.2) is 47.1 Å². The lowest BCUT2D eigenvalue weighted by molar-refractivity contribution is -0.116. The van der Waals surface area contributed by atoms with Crippen molar-refractivity contribution in [2.75, 3.05) is 16.8 Å². The molecule has 3 N–H and O–H groups in total. The average Bonchev–Trinajstić information content (AvgIpc) is 2.91. The zero-order chi connectivity index (χ0) is 14.2. The molecule has 106 valence electrons. The van der Waals surface area contributed by atoms with Crippen molar-refractivity contribution in [3.05, 3.63) is 48.4 Å². The van der Waals surface area contributed by atoms with Gasteiger partial charge >= 0.3 is 0 Å². The molecule has 2 rings (SSSR count). The fraction of sp³-hybridized carbons (Fsp3) is 0.267. The van der Waals surface area contributed by atoms with E-state index in [0.717, 1.165) is 29.4 Å². The summed E-state index contributed by atoms with van der Waals surface area (Å²) in [5.74, 6) is 2.78. The first kappa shape index (κ1) is 14.5. The Morgan fingerprint density at radius 2 is 2.20 bits per heavy atom. The van der Waals surface area contributed by atoms with Crippen molar-refractivity contribution in [3.8, 4) is 0 Å². The summed E-state index contributed by atoms with van der Waals surface area (Å²) < 4.78 is 5.24. The molecule has 0 bridgehead atoms. The molecule has 4 nitrogen and oxygen atoms in total. The number of hydrogen-bond donors (Lipinski definition) is 2. The Labute approximate surface area is 122 Å². The predicted molar refractivity (Wildman–Crippen MR) is 83.6 cm³/mol. The highest BCUT2D eigenvalue weighted by atomic mass is 32.2. The van der Waals surface area contributed by atoms with E-state index in [1.165, 1.54) is 0 Å². The summed E-state index contributed by atoms with van der Waals surface area (Å²) in [4.78, 5) is 11.7. The van der Waals surface area contributed by atoms with Crippen LogP contribution >= 0.6 is 11.8 Å². The Morgan fingerprint density at radius 1 is 1.30 bits per heavy atom. The summed E-state index contributed by atoms with van der Waals surface area (Å²) in [6.45, 7) is 0. The molecule has 1 amide bonds. The number of furan rings is 1. The SMILES string of the molecule is Nc1cccc(NC(=O)CCCSCc2ccco2)c1. The van der Waals surface area contributed by atoms with Gasteiger partial charge in [0.1, 0.15) is 5.76 Å². The molecular formula is C15H18N2O2S. The van der Waals surface area contributed by atoms with Crippen molar-refractivity contribution in [1.82, 2.24) is 0 Å². The lowest BCUT2D eigenvalue weighted by Crippen LogP contribution is -2.11. The number of amides is 1. The summed E-state index contributed by atoms with van der Waals surface area (Å²) >= 11 is 1.77. The second-order valence-electron chi connectivity index (χ2n) is 4.41. The highest BCUT2D eigenvalue weighted by molar-refractivity contribution is 7.98. The molecule has 0 saturated heterocycles. The molecule has 0 aliphatic carbocycles. The van der Waals surface area contributed by atoms with E-state index in [1.807, 2.05) is 24.3 Å². The number of carbonyl (C=O) groups is 1. The van der Waals surface area contributed by atoms with Crippen molar-refractivity contribution in [2.24, 2.45) is 0 Å². The number of nitrogen functional groups attached to an aromatic ring is 1. The molecule has 0 aliphatic rings. The maximum absolute atomic E-state index is 11.7. The van der Waals surface area contributed by atoms with Gasteiger partial charge in [-0.2, -0.15) is 11.8 Å². The van der Waals surface area contributed by atoms with Gasteiger partial charge in [-0.25, -0.2) is 0 Å². The third-order valence-corrected chi connectivity index (χ3v) is 3.75. The predicted octanol–water partition coefficient (Wildman–Crippen LogP) is 3.51. The minimum atomic E-state index is 0.0224. The molecule has 1 heterocycles. The van der Waals surface area contributed by atoms with Crippen LogP contribution in [0, 0.1) is 0 Å². The van der Waals surface area contributed by atoms with E-state index in [0.29, 0.717) is 12.1 Å². The Kier molecular flexibility index (Phi) is 5.55. The van der Waals surface area contributed by atoms with E-state index in [4.69, 9.17) is 10.2 Å². The summed E-state index contributed by atoms with van der Waals surface area (Å²) in [6.07, 6.45) is 3.04. The molecule has 1 aromatic heterocycles. The van der Waals surface area contributed by atoms with Crippen LogP contribution in [0.1, 0.15) is 18.6 Å². The summed E-state index contributed by atoms with van der Waals surface area (Å²) in [5.41, 5.74) is 7.06. The van der Waals surface area contributed by atoms with Gasteiger partial charge in [0.25, 0.3) is 0 Å². The first-order chi connectivity index (χ1) is 9.74. The number of rotatable bonds is 7. The van der Waals surface area contributed by atoms with Crippen LogP contribution in [0.2, 0.25) is 0 Å². The maximum Gasteiger partial charge on any atom is 0.224 e. The number of hydrogen-bond acceptors (Lipinski definition) is 4. The molecule has 0 radical (unpaired) electrons. The van der Waals surface area contributed by atoms with Gasteiger partial charge in [-0.3, -0.25) is 4.79 Å². The van der Waals surface area contributed by atoms with Crippen molar-refractivity contribution in [2.45, 2.75) is 18.6 Å². The van der Waals surface area contributed by atoms with E-state index in [-0.39, 0.29) is 5.91 Å². The van der Waals surface area contributed by atoms with E-state index in [9.17, 15) is 4.79 Å². The van der Waals surface area contributed by atoms with Gasteiger partial charge in [-0.15, -0.1) is 0 Å². The maximum atomic E-state index is 11.7. The third-order valence-electron chi connectivity index (χ3n) is 2.69. The van der Waals surface area contributed by atoms with Crippen LogP contribution in [0.5, 0.6) is 0 Å².